The second-order valence-corrected chi connectivity index (χ2v) is 3.80. The minimum absolute atomic E-state index is 0.741. The molecule has 0 aromatic rings. The number of nitrogens with two attached hydrogens (primary N) is 1. The fourth-order valence-corrected chi connectivity index (χ4v) is 2.44. The largest absolute Gasteiger partial charge is 0.330 e. The molecule has 12 heavy (non-hydrogen) atoms. The lowest BCUT2D eigenvalue weighted by Crippen LogP contribution is -2.30. The van der Waals surface area contributed by atoms with Gasteiger partial charge in [0.2, 0.25) is 0 Å². The van der Waals surface area contributed by atoms with Gasteiger partial charge in [-0.1, -0.05) is 32.4 Å². The summed E-state index contributed by atoms with van der Waals surface area (Å²) in [5.41, 5.74) is 5.75. The standard InChI is InChI=1S/C11H21N/c1-3-9-6-5-7-10(8-12)11(9)4-2/h5-6,9-11H,3-4,7-8,12H2,1-2H3. The number of hydrogen-bond acceptors (Lipinski definition) is 1. The fourth-order valence-electron chi connectivity index (χ4n) is 2.44. The number of allylic oxidation sites excluding steroid dienone is 2. The highest BCUT2D eigenvalue weighted by molar-refractivity contribution is 4.99. The summed E-state index contributed by atoms with van der Waals surface area (Å²) in [4.78, 5) is 0. The second kappa shape index (κ2) is 4.66. The van der Waals surface area contributed by atoms with Gasteiger partial charge in [-0.2, -0.15) is 0 Å². The van der Waals surface area contributed by atoms with Gasteiger partial charge in [-0.05, 0) is 37.1 Å². The van der Waals surface area contributed by atoms with Gasteiger partial charge in [-0.3, -0.25) is 0 Å². The van der Waals surface area contributed by atoms with Gasteiger partial charge < -0.3 is 5.73 Å². The van der Waals surface area contributed by atoms with Gasteiger partial charge in [-0.25, -0.2) is 0 Å². The van der Waals surface area contributed by atoms with Crippen LogP contribution in [0.5, 0.6) is 0 Å². The summed E-state index contributed by atoms with van der Waals surface area (Å²) in [6.07, 6.45) is 8.46. The van der Waals surface area contributed by atoms with Gasteiger partial charge in [0.15, 0.2) is 0 Å². The second-order valence-electron chi connectivity index (χ2n) is 3.80. The molecule has 0 aliphatic heterocycles. The molecule has 0 bridgehead atoms. The lowest BCUT2D eigenvalue weighted by atomic mass is 9.73. The van der Waals surface area contributed by atoms with Gasteiger partial charge in [-0.15, -0.1) is 0 Å². The Kier molecular flexibility index (Phi) is 3.80. The summed E-state index contributed by atoms with van der Waals surface area (Å²) in [6, 6.07) is 0. The zero-order chi connectivity index (χ0) is 8.97. The molecule has 3 atom stereocenters. The van der Waals surface area contributed by atoms with Crippen molar-refractivity contribution in [3.05, 3.63) is 12.2 Å². The zero-order valence-electron chi connectivity index (χ0n) is 8.29. The first kappa shape index (κ1) is 9.79. The molecule has 1 nitrogen and oxygen atoms in total. The molecule has 0 heterocycles. The third-order valence-corrected chi connectivity index (χ3v) is 3.22. The molecule has 0 amide bonds. The van der Waals surface area contributed by atoms with Crippen LogP contribution in [0.1, 0.15) is 33.1 Å². The van der Waals surface area contributed by atoms with E-state index in [-0.39, 0.29) is 0 Å². The Bertz CT molecular complexity index is 151. The first-order valence-corrected chi connectivity index (χ1v) is 5.20. The van der Waals surface area contributed by atoms with Crippen LogP contribution in [0.3, 0.4) is 0 Å². The van der Waals surface area contributed by atoms with Crippen LogP contribution in [-0.2, 0) is 0 Å². The van der Waals surface area contributed by atoms with Crippen molar-refractivity contribution in [1.29, 1.82) is 0 Å². The molecular formula is C11H21N. The lowest BCUT2D eigenvalue weighted by Gasteiger charge is -2.33. The first-order chi connectivity index (χ1) is 5.83. The number of rotatable bonds is 3. The highest BCUT2D eigenvalue weighted by atomic mass is 14.6. The van der Waals surface area contributed by atoms with E-state index in [9.17, 15) is 0 Å². The normalized spacial score (nSPS) is 35.4. The minimum atomic E-state index is 0.741. The molecule has 2 N–H and O–H groups in total. The summed E-state index contributed by atoms with van der Waals surface area (Å²) in [5.74, 6) is 2.37. The molecule has 0 radical (unpaired) electrons. The van der Waals surface area contributed by atoms with E-state index in [0.717, 1.165) is 24.3 Å². The van der Waals surface area contributed by atoms with Crippen molar-refractivity contribution in [2.75, 3.05) is 6.54 Å². The van der Waals surface area contributed by atoms with E-state index in [1.807, 2.05) is 0 Å². The van der Waals surface area contributed by atoms with Crippen LogP contribution in [0, 0.1) is 17.8 Å². The molecular weight excluding hydrogens is 146 g/mol. The van der Waals surface area contributed by atoms with Crippen molar-refractivity contribution in [3.8, 4) is 0 Å². The van der Waals surface area contributed by atoms with E-state index < -0.39 is 0 Å². The summed E-state index contributed by atoms with van der Waals surface area (Å²) >= 11 is 0. The predicted molar refractivity (Wildman–Crippen MR) is 53.9 cm³/mol. The summed E-state index contributed by atoms with van der Waals surface area (Å²) < 4.78 is 0. The molecule has 3 unspecified atom stereocenters. The van der Waals surface area contributed by atoms with E-state index in [1.165, 1.54) is 19.3 Å². The molecule has 0 spiro atoms. The molecule has 0 saturated carbocycles. The highest BCUT2D eigenvalue weighted by Crippen LogP contribution is 2.33. The fraction of sp³-hybridized carbons (Fsp3) is 0.818. The van der Waals surface area contributed by atoms with Gasteiger partial charge in [0.05, 0.1) is 0 Å². The van der Waals surface area contributed by atoms with Crippen molar-refractivity contribution >= 4 is 0 Å². The van der Waals surface area contributed by atoms with E-state index in [2.05, 4.69) is 26.0 Å². The highest BCUT2D eigenvalue weighted by Gasteiger charge is 2.26. The van der Waals surface area contributed by atoms with Crippen LogP contribution in [0.4, 0.5) is 0 Å². The topological polar surface area (TPSA) is 26.0 Å². The third-order valence-electron chi connectivity index (χ3n) is 3.22. The van der Waals surface area contributed by atoms with Gasteiger partial charge in [0.25, 0.3) is 0 Å². The van der Waals surface area contributed by atoms with Crippen LogP contribution in [0.15, 0.2) is 12.2 Å². The van der Waals surface area contributed by atoms with Gasteiger partial charge in [0.1, 0.15) is 0 Å². The van der Waals surface area contributed by atoms with Crippen molar-refractivity contribution in [2.45, 2.75) is 33.1 Å². The Hall–Kier alpha value is -0.300. The van der Waals surface area contributed by atoms with E-state index in [0.29, 0.717) is 0 Å². The smallest absolute Gasteiger partial charge is 0.00430 e. The van der Waals surface area contributed by atoms with E-state index >= 15 is 0 Å². The Morgan fingerprint density at radius 1 is 1.33 bits per heavy atom. The Morgan fingerprint density at radius 2 is 2.08 bits per heavy atom. The van der Waals surface area contributed by atoms with Crippen LogP contribution in [-0.4, -0.2) is 6.54 Å². The maximum atomic E-state index is 5.75. The van der Waals surface area contributed by atoms with E-state index in [1.54, 1.807) is 0 Å². The maximum Gasteiger partial charge on any atom is -0.00430 e. The SMILES string of the molecule is CCC1C=CCC(CN)C1CC. The molecule has 1 aliphatic rings. The molecule has 1 rings (SSSR count). The first-order valence-electron chi connectivity index (χ1n) is 5.20. The number of hydrogen-bond donors (Lipinski definition) is 1. The molecule has 0 aromatic heterocycles. The molecule has 0 fully saturated rings. The average molecular weight is 167 g/mol. The van der Waals surface area contributed by atoms with E-state index in [4.69, 9.17) is 5.73 Å². The molecule has 0 saturated heterocycles. The Balaban J connectivity index is 2.63. The van der Waals surface area contributed by atoms with Crippen LogP contribution in [0.2, 0.25) is 0 Å². The Morgan fingerprint density at radius 3 is 2.58 bits per heavy atom. The molecule has 70 valence electrons. The van der Waals surface area contributed by atoms with Crippen molar-refractivity contribution in [1.82, 2.24) is 0 Å². The minimum Gasteiger partial charge on any atom is -0.330 e. The van der Waals surface area contributed by atoms with Gasteiger partial charge in [0, 0.05) is 0 Å². The van der Waals surface area contributed by atoms with Crippen molar-refractivity contribution < 1.29 is 0 Å². The van der Waals surface area contributed by atoms with Crippen LogP contribution >= 0.6 is 0 Å². The van der Waals surface area contributed by atoms with Crippen LogP contribution in [0.25, 0.3) is 0 Å². The molecule has 1 heteroatoms. The monoisotopic (exact) mass is 167 g/mol. The summed E-state index contributed by atoms with van der Waals surface area (Å²) in [7, 11) is 0. The maximum absolute atomic E-state index is 5.75. The predicted octanol–water partition coefficient (Wildman–Crippen LogP) is 2.57. The average Bonchev–Trinajstić information content (AvgIpc) is 2.16. The zero-order valence-corrected chi connectivity index (χ0v) is 8.29. The van der Waals surface area contributed by atoms with Crippen molar-refractivity contribution in [2.24, 2.45) is 23.5 Å². The summed E-state index contributed by atoms with van der Waals surface area (Å²) in [5, 5.41) is 0. The lowest BCUT2D eigenvalue weighted by molar-refractivity contribution is 0.240. The summed E-state index contributed by atoms with van der Waals surface area (Å²) in [6.45, 7) is 5.42. The van der Waals surface area contributed by atoms with Crippen LogP contribution < -0.4 is 5.73 Å². The molecule has 0 aromatic carbocycles. The van der Waals surface area contributed by atoms with Crippen molar-refractivity contribution in [3.63, 3.8) is 0 Å². The van der Waals surface area contributed by atoms with Gasteiger partial charge >= 0.3 is 0 Å². The third kappa shape index (κ3) is 1.89. The Labute approximate surface area is 76.0 Å². The quantitative estimate of drug-likeness (QED) is 0.642. The molecule has 1 aliphatic carbocycles.